The van der Waals surface area contributed by atoms with Gasteiger partial charge in [-0.1, -0.05) is 115 Å². The average Bonchev–Trinajstić information content (AvgIpc) is 3.96. The number of anilines is 3. The first-order valence-corrected chi connectivity index (χ1v) is 21.3. The fourth-order valence-electron chi connectivity index (χ4n) is 8.82. The lowest BCUT2D eigenvalue weighted by Crippen LogP contribution is -2.10. The van der Waals surface area contributed by atoms with E-state index in [1.54, 1.807) is 0 Å². The van der Waals surface area contributed by atoms with Gasteiger partial charge in [0.05, 0.1) is 11.0 Å². The van der Waals surface area contributed by atoms with Gasteiger partial charge in [-0.15, -0.1) is 22.7 Å². The topological polar surface area (TPSA) is 8.17 Å². The van der Waals surface area contributed by atoms with Gasteiger partial charge in [0.25, 0.3) is 0 Å². The summed E-state index contributed by atoms with van der Waals surface area (Å²) in [6, 6.07) is 75.7. The highest BCUT2D eigenvalue weighted by atomic mass is 32.1. The van der Waals surface area contributed by atoms with E-state index in [1.165, 1.54) is 84.4 Å². The number of benzene rings is 9. The molecule has 12 rings (SSSR count). The third-order valence-corrected chi connectivity index (χ3v) is 13.9. The van der Waals surface area contributed by atoms with Crippen LogP contribution >= 0.6 is 22.7 Å². The third-order valence-electron chi connectivity index (χ3n) is 11.6. The van der Waals surface area contributed by atoms with Gasteiger partial charge in [-0.05, 0) is 113 Å². The van der Waals surface area contributed by atoms with Gasteiger partial charge in [-0.25, -0.2) is 0 Å². The molecule has 0 aliphatic heterocycles. The van der Waals surface area contributed by atoms with E-state index in [0.717, 1.165) is 22.7 Å². The first kappa shape index (κ1) is 33.2. The van der Waals surface area contributed by atoms with Gasteiger partial charge in [-0.3, -0.25) is 0 Å². The van der Waals surface area contributed by atoms with Crippen molar-refractivity contribution in [2.75, 3.05) is 4.90 Å². The van der Waals surface area contributed by atoms with Crippen molar-refractivity contribution in [3.63, 3.8) is 0 Å². The second-order valence-corrected chi connectivity index (χ2v) is 17.1. The number of aromatic nitrogens is 1. The lowest BCUT2D eigenvalue weighted by Gasteiger charge is -2.26. The minimum Gasteiger partial charge on any atom is -0.310 e. The van der Waals surface area contributed by atoms with E-state index in [0.29, 0.717) is 0 Å². The van der Waals surface area contributed by atoms with Gasteiger partial charge in [-0.2, -0.15) is 0 Å². The van der Waals surface area contributed by atoms with E-state index in [1.807, 2.05) is 22.7 Å². The van der Waals surface area contributed by atoms with Crippen LogP contribution in [0.25, 0.3) is 90.1 Å². The lowest BCUT2D eigenvalue weighted by atomic mass is 10.0. The summed E-state index contributed by atoms with van der Waals surface area (Å²) in [5.41, 5.74) is 11.7. The molecule has 0 bridgehead atoms. The number of hydrogen-bond donors (Lipinski definition) is 0. The van der Waals surface area contributed by atoms with Crippen molar-refractivity contribution in [2.45, 2.75) is 0 Å². The molecule has 0 aliphatic rings. The normalized spacial score (nSPS) is 11.8. The molecule has 3 aromatic heterocycles. The largest absolute Gasteiger partial charge is 0.310 e. The van der Waals surface area contributed by atoms with Crippen LogP contribution in [0.2, 0.25) is 0 Å². The standard InChI is InChI=1S/C54H34N2S2/c1-2-10-39(11-3-1)56-49-15-7-4-12-43(49)44-29-28-42(34-50(44)56)55(40-24-18-35(19-25-40)37-22-30-53-47(32-37)45-13-5-8-16-51(45)57-53)41-26-20-36(21-27-41)38-23-31-54-48(33-38)46-14-6-9-17-52(46)58-54/h1-34H. The molecule has 0 aliphatic carbocycles. The summed E-state index contributed by atoms with van der Waals surface area (Å²) in [6.45, 7) is 0. The molecule has 0 spiro atoms. The van der Waals surface area contributed by atoms with Crippen LogP contribution in [0.1, 0.15) is 0 Å². The molecule has 0 saturated carbocycles. The molecule has 4 heteroatoms. The molecule has 9 aromatic carbocycles. The smallest absolute Gasteiger partial charge is 0.0561 e. The summed E-state index contributed by atoms with van der Waals surface area (Å²) in [5.74, 6) is 0. The van der Waals surface area contributed by atoms with Crippen LogP contribution < -0.4 is 4.90 Å². The number of para-hydroxylation sites is 2. The van der Waals surface area contributed by atoms with Gasteiger partial charge < -0.3 is 9.47 Å². The summed E-state index contributed by atoms with van der Waals surface area (Å²) in [5, 5.41) is 7.76. The van der Waals surface area contributed by atoms with Crippen molar-refractivity contribution < 1.29 is 0 Å². The second kappa shape index (κ2) is 13.3. The minimum atomic E-state index is 1.10. The Morgan fingerprint density at radius 3 is 1.33 bits per heavy atom. The maximum absolute atomic E-state index is 2.40. The highest BCUT2D eigenvalue weighted by Gasteiger charge is 2.18. The van der Waals surface area contributed by atoms with Crippen molar-refractivity contribution in [3.8, 4) is 27.9 Å². The van der Waals surface area contributed by atoms with E-state index < -0.39 is 0 Å². The SMILES string of the molecule is c1ccc(-n2c3ccccc3c3ccc(N(c4ccc(-c5ccc6sc7ccccc7c6c5)cc4)c4ccc(-c5ccc6sc7ccccc7c6c5)cc4)cc32)cc1. The molecule has 58 heavy (non-hydrogen) atoms. The van der Waals surface area contributed by atoms with E-state index in [2.05, 4.69) is 216 Å². The Morgan fingerprint density at radius 1 is 0.293 bits per heavy atom. The Morgan fingerprint density at radius 2 is 0.741 bits per heavy atom. The zero-order chi connectivity index (χ0) is 38.2. The minimum absolute atomic E-state index is 1.10. The lowest BCUT2D eigenvalue weighted by molar-refractivity contribution is 1.18. The zero-order valence-corrected chi connectivity index (χ0v) is 33.0. The van der Waals surface area contributed by atoms with Crippen LogP contribution in [-0.2, 0) is 0 Å². The zero-order valence-electron chi connectivity index (χ0n) is 31.3. The molecule has 0 fully saturated rings. The summed E-state index contributed by atoms with van der Waals surface area (Å²) in [6.07, 6.45) is 0. The third kappa shape index (κ3) is 5.37. The van der Waals surface area contributed by atoms with Gasteiger partial charge in [0.2, 0.25) is 0 Å². The molecule has 0 N–H and O–H groups in total. The summed E-state index contributed by atoms with van der Waals surface area (Å²) in [4.78, 5) is 2.39. The Labute approximate surface area is 343 Å². The molecule has 0 unspecified atom stereocenters. The van der Waals surface area contributed by atoms with E-state index in [4.69, 9.17) is 0 Å². The molecule has 12 aromatic rings. The van der Waals surface area contributed by atoms with E-state index in [9.17, 15) is 0 Å². The first-order valence-electron chi connectivity index (χ1n) is 19.7. The van der Waals surface area contributed by atoms with E-state index in [-0.39, 0.29) is 0 Å². The number of nitrogens with zero attached hydrogens (tertiary/aromatic N) is 2. The molecule has 2 nitrogen and oxygen atoms in total. The second-order valence-electron chi connectivity index (χ2n) is 14.9. The number of thiophene rings is 2. The Balaban J connectivity index is 0.993. The maximum atomic E-state index is 2.40. The molecule has 0 saturated heterocycles. The molecule has 272 valence electrons. The Hall–Kier alpha value is -6.98. The predicted octanol–water partition coefficient (Wildman–Crippen LogP) is 16.3. The van der Waals surface area contributed by atoms with Gasteiger partial charge >= 0.3 is 0 Å². The first-order chi connectivity index (χ1) is 28.7. The molecule has 0 amide bonds. The van der Waals surface area contributed by atoms with Gasteiger partial charge in [0, 0.05) is 73.9 Å². The Kier molecular flexibility index (Phi) is 7.62. The quantitative estimate of drug-likeness (QED) is 0.163. The highest BCUT2D eigenvalue weighted by molar-refractivity contribution is 7.26. The highest BCUT2D eigenvalue weighted by Crippen LogP contribution is 2.42. The van der Waals surface area contributed by atoms with Crippen LogP contribution in [0.5, 0.6) is 0 Å². The Bertz CT molecular complexity index is 3340. The van der Waals surface area contributed by atoms with Gasteiger partial charge in [0.1, 0.15) is 0 Å². The number of fused-ring (bicyclic) bond motifs is 9. The van der Waals surface area contributed by atoms with Crippen LogP contribution in [0, 0.1) is 0 Å². The van der Waals surface area contributed by atoms with Crippen LogP contribution in [0.3, 0.4) is 0 Å². The van der Waals surface area contributed by atoms with Crippen LogP contribution in [-0.4, -0.2) is 4.57 Å². The number of hydrogen-bond acceptors (Lipinski definition) is 3. The monoisotopic (exact) mass is 774 g/mol. The summed E-state index contributed by atoms with van der Waals surface area (Å²) < 4.78 is 7.70. The summed E-state index contributed by atoms with van der Waals surface area (Å²) >= 11 is 3.72. The molecule has 3 heterocycles. The molecular weight excluding hydrogens is 741 g/mol. The van der Waals surface area contributed by atoms with Crippen LogP contribution in [0.15, 0.2) is 206 Å². The molecular formula is C54H34N2S2. The maximum Gasteiger partial charge on any atom is 0.0561 e. The van der Waals surface area contributed by atoms with Gasteiger partial charge in [0.15, 0.2) is 0 Å². The number of rotatable bonds is 6. The summed E-state index contributed by atoms with van der Waals surface area (Å²) in [7, 11) is 0. The molecule has 0 radical (unpaired) electrons. The molecule has 0 atom stereocenters. The van der Waals surface area contributed by atoms with Crippen LogP contribution in [0.4, 0.5) is 17.1 Å². The van der Waals surface area contributed by atoms with Crippen molar-refractivity contribution >= 4 is 102 Å². The fraction of sp³-hybridized carbons (Fsp3) is 0. The van der Waals surface area contributed by atoms with Crippen molar-refractivity contribution in [1.29, 1.82) is 0 Å². The fourth-order valence-corrected chi connectivity index (χ4v) is 11.0. The van der Waals surface area contributed by atoms with Crippen molar-refractivity contribution in [3.05, 3.63) is 206 Å². The van der Waals surface area contributed by atoms with Crippen molar-refractivity contribution in [1.82, 2.24) is 4.57 Å². The predicted molar refractivity (Wildman–Crippen MR) is 252 cm³/mol. The average molecular weight is 775 g/mol. The van der Waals surface area contributed by atoms with Crippen molar-refractivity contribution in [2.24, 2.45) is 0 Å². The van der Waals surface area contributed by atoms with E-state index >= 15 is 0 Å².